The summed E-state index contributed by atoms with van der Waals surface area (Å²) in [4.78, 5) is 26.3. The third-order valence-corrected chi connectivity index (χ3v) is 11.5. The van der Waals surface area contributed by atoms with E-state index >= 15 is 0 Å². The van der Waals surface area contributed by atoms with E-state index in [9.17, 15) is 36.6 Å². The van der Waals surface area contributed by atoms with Crippen LogP contribution in [0.25, 0.3) is 10.9 Å². The Bertz CT molecular complexity index is 1850. The molecule has 1 amide bonds. The van der Waals surface area contributed by atoms with Crippen LogP contribution < -0.4 is 10.2 Å². The standard InChI is InChI=1S/C30H37N3O10S2/c1-3-31-18-27(28(35)25-9-4-5-10-26(25)31)45(40,41)32-13-11-30(12-14-32)16-21(19-43-30)33(29(36)37)17-22(34)20-42-23-7-6-8-24(15-23)44(2,38)39/h4-10,15,18,21-22,34H,3,11-14,16-17,19-20H2,1-2H3,(H,36,37)/t21-,22-/m0/s1. The largest absolute Gasteiger partial charge is 0.491 e. The average Bonchev–Trinajstić information content (AvgIpc) is 3.41. The van der Waals surface area contributed by atoms with E-state index in [1.165, 1.54) is 34.8 Å². The highest BCUT2D eigenvalue weighted by Crippen LogP contribution is 2.39. The number of benzene rings is 2. The summed E-state index contributed by atoms with van der Waals surface area (Å²) in [6, 6.07) is 12.1. The van der Waals surface area contributed by atoms with Crippen LogP contribution in [0.3, 0.4) is 0 Å². The first-order valence-corrected chi connectivity index (χ1v) is 17.9. The molecule has 2 aromatic carbocycles. The molecule has 2 aliphatic rings. The second-order valence-electron chi connectivity index (χ2n) is 11.5. The summed E-state index contributed by atoms with van der Waals surface area (Å²) in [5.74, 6) is 0.223. The van der Waals surface area contributed by atoms with Gasteiger partial charge in [0, 0.05) is 37.5 Å². The van der Waals surface area contributed by atoms with Crippen LogP contribution in [-0.2, 0) is 31.1 Å². The minimum absolute atomic E-state index is 0.0595. The van der Waals surface area contributed by atoms with Crippen molar-refractivity contribution in [3.05, 3.63) is 65.0 Å². The predicted octanol–water partition coefficient (Wildman–Crippen LogP) is 2.16. The minimum Gasteiger partial charge on any atom is -0.491 e. The summed E-state index contributed by atoms with van der Waals surface area (Å²) in [6.07, 6.45) is 0.953. The Hall–Kier alpha value is -3.50. The van der Waals surface area contributed by atoms with Gasteiger partial charge in [0.15, 0.2) is 9.84 Å². The first-order chi connectivity index (χ1) is 21.2. The molecule has 0 unspecified atom stereocenters. The number of aromatic nitrogens is 1. The van der Waals surface area contributed by atoms with Crippen molar-refractivity contribution in [2.45, 2.75) is 60.3 Å². The summed E-state index contributed by atoms with van der Waals surface area (Å²) in [5.41, 5.74) is -0.631. The highest BCUT2D eigenvalue weighted by atomic mass is 32.2. The van der Waals surface area contributed by atoms with Crippen LogP contribution in [0.5, 0.6) is 5.75 Å². The number of piperidine rings is 1. The number of hydrogen-bond acceptors (Lipinski definition) is 9. The van der Waals surface area contributed by atoms with Gasteiger partial charge >= 0.3 is 6.09 Å². The molecule has 2 saturated heterocycles. The molecule has 3 heterocycles. The van der Waals surface area contributed by atoms with E-state index in [1.807, 2.05) is 6.92 Å². The Morgan fingerprint density at radius 3 is 2.51 bits per heavy atom. The number of pyridine rings is 1. The Morgan fingerprint density at radius 2 is 1.84 bits per heavy atom. The summed E-state index contributed by atoms with van der Waals surface area (Å²) in [7, 11) is -7.55. The fraction of sp³-hybridized carbons (Fsp3) is 0.467. The van der Waals surface area contributed by atoms with E-state index in [1.54, 1.807) is 28.8 Å². The van der Waals surface area contributed by atoms with Gasteiger partial charge in [-0.2, -0.15) is 4.31 Å². The molecule has 45 heavy (non-hydrogen) atoms. The molecule has 13 nitrogen and oxygen atoms in total. The summed E-state index contributed by atoms with van der Waals surface area (Å²) in [6.45, 7) is 2.10. The maximum Gasteiger partial charge on any atom is 0.407 e. The number of aliphatic hydroxyl groups excluding tert-OH is 1. The Kier molecular flexibility index (Phi) is 9.29. The van der Waals surface area contributed by atoms with Crippen molar-refractivity contribution in [2.24, 2.45) is 0 Å². The molecule has 3 aromatic rings. The normalized spacial score (nSPS) is 19.5. The van der Waals surface area contributed by atoms with E-state index in [4.69, 9.17) is 9.47 Å². The molecular formula is C30H37N3O10S2. The van der Waals surface area contributed by atoms with E-state index < -0.39 is 49.1 Å². The zero-order valence-corrected chi connectivity index (χ0v) is 26.7. The van der Waals surface area contributed by atoms with Crippen molar-refractivity contribution >= 4 is 36.9 Å². The van der Waals surface area contributed by atoms with Crippen LogP contribution in [0.1, 0.15) is 26.2 Å². The molecule has 0 radical (unpaired) electrons. The van der Waals surface area contributed by atoms with Gasteiger partial charge in [0.25, 0.3) is 0 Å². The van der Waals surface area contributed by atoms with Crippen LogP contribution in [-0.4, -0.2) is 104 Å². The maximum absolute atomic E-state index is 13.7. The van der Waals surface area contributed by atoms with Crippen LogP contribution in [0.4, 0.5) is 4.79 Å². The second-order valence-corrected chi connectivity index (χ2v) is 15.5. The van der Waals surface area contributed by atoms with Crippen LogP contribution >= 0.6 is 0 Å². The number of aliphatic hydroxyl groups is 1. The maximum atomic E-state index is 13.7. The van der Waals surface area contributed by atoms with Gasteiger partial charge < -0.3 is 29.2 Å². The lowest BCUT2D eigenvalue weighted by molar-refractivity contribution is -0.0319. The highest BCUT2D eigenvalue weighted by molar-refractivity contribution is 7.90. The summed E-state index contributed by atoms with van der Waals surface area (Å²) >= 11 is 0. The molecule has 0 saturated carbocycles. The quantitative estimate of drug-likeness (QED) is 0.327. The molecule has 0 bridgehead atoms. The molecule has 2 atom stereocenters. The average molecular weight is 664 g/mol. The smallest absolute Gasteiger partial charge is 0.407 e. The van der Waals surface area contributed by atoms with Crippen molar-refractivity contribution in [1.29, 1.82) is 0 Å². The topological polar surface area (TPSA) is 173 Å². The number of aryl methyl sites for hydroxylation is 1. The Labute approximate surface area is 261 Å². The zero-order valence-electron chi connectivity index (χ0n) is 25.0. The number of fused-ring (bicyclic) bond motifs is 1. The number of sulfonamides is 1. The van der Waals surface area contributed by atoms with Gasteiger partial charge in [0.2, 0.25) is 15.5 Å². The molecule has 0 aliphatic carbocycles. The number of sulfone groups is 1. The van der Waals surface area contributed by atoms with Gasteiger partial charge in [0.1, 0.15) is 23.4 Å². The van der Waals surface area contributed by atoms with Gasteiger partial charge in [-0.3, -0.25) is 4.79 Å². The number of hydrogen-bond donors (Lipinski definition) is 2. The van der Waals surface area contributed by atoms with E-state index in [0.29, 0.717) is 36.7 Å². The molecule has 1 aromatic heterocycles. The van der Waals surface area contributed by atoms with E-state index in [2.05, 4.69) is 0 Å². The van der Waals surface area contributed by atoms with Crippen molar-refractivity contribution in [2.75, 3.05) is 39.1 Å². The van der Waals surface area contributed by atoms with Gasteiger partial charge in [-0.15, -0.1) is 0 Å². The number of carbonyl (C=O) groups is 1. The summed E-state index contributed by atoms with van der Waals surface area (Å²) < 4.78 is 65.6. The van der Waals surface area contributed by atoms with Gasteiger partial charge in [-0.1, -0.05) is 18.2 Å². The SMILES string of the molecule is CCn1cc(S(=O)(=O)N2CCC3(CC2)C[C@H](N(C[C@H](O)COc2cccc(S(C)(=O)=O)c2)C(=O)O)CO3)c(=O)c2ccccc21. The fourth-order valence-corrected chi connectivity index (χ4v) is 8.26. The van der Waals surface area contributed by atoms with Crippen molar-refractivity contribution in [1.82, 2.24) is 13.8 Å². The molecule has 244 valence electrons. The number of amides is 1. The third-order valence-electron chi connectivity index (χ3n) is 8.51. The lowest BCUT2D eigenvalue weighted by Crippen LogP contribution is -2.49. The predicted molar refractivity (Wildman–Crippen MR) is 165 cm³/mol. The number of para-hydroxylation sites is 1. The molecular weight excluding hydrogens is 626 g/mol. The molecule has 2 aliphatic heterocycles. The second kappa shape index (κ2) is 12.7. The van der Waals surface area contributed by atoms with Gasteiger partial charge in [-0.25, -0.2) is 21.6 Å². The van der Waals surface area contributed by atoms with E-state index in [-0.39, 0.29) is 48.4 Å². The molecule has 15 heteroatoms. The monoisotopic (exact) mass is 663 g/mol. The molecule has 2 fully saturated rings. The van der Waals surface area contributed by atoms with Crippen LogP contribution in [0.15, 0.2) is 69.3 Å². The van der Waals surface area contributed by atoms with Gasteiger partial charge in [0.05, 0.1) is 35.2 Å². The Morgan fingerprint density at radius 1 is 1.13 bits per heavy atom. The minimum atomic E-state index is -4.10. The number of nitrogens with zero attached hydrogens (tertiary/aromatic N) is 3. The molecule has 1 spiro atoms. The van der Waals surface area contributed by atoms with Crippen molar-refractivity contribution in [3.63, 3.8) is 0 Å². The molecule has 5 rings (SSSR count). The van der Waals surface area contributed by atoms with Crippen molar-refractivity contribution in [3.8, 4) is 5.75 Å². The van der Waals surface area contributed by atoms with Crippen LogP contribution in [0.2, 0.25) is 0 Å². The van der Waals surface area contributed by atoms with E-state index in [0.717, 1.165) is 11.2 Å². The first-order valence-electron chi connectivity index (χ1n) is 14.6. The zero-order chi connectivity index (χ0) is 32.6. The summed E-state index contributed by atoms with van der Waals surface area (Å²) in [5, 5.41) is 20.9. The highest BCUT2D eigenvalue weighted by Gasteiger charge is 2.47. The lowest BCUT2D eigenvalue weighted by Gasteiger charge is -2.38. The number of rotatable bonds is 10. The Balaban J connectivity index is 1.22. The molecule has 2 N–H and O–H groups in total. The lowest BCUT2D eigenvalue weighted by atomic mass is 9.88. The number of carboxylic acid groups (broad SMARTS) is 1. The van der Waals surface area contributed by atoms with Crippen LogP contribution in [0, 0.1) is 0 Å². The fourth-order valence-electron chi connectivity index (χ4n) is 6.06. The first kappa shape index (κ1) is 32.9. The van der Waals surface area contributed by atoms with Gasteiger partial charge in [-0.05, 0) is 56.5 Å². The van der Waals surface area contributed by atoms with Crippen molar-refractivity contribution < 1.29 is 41.3 Å². The third kappa shape index (κ3) is 6.87. The number of ether oxygens (including phenoxy) is 2.